The lowest BCUT2D eigenvalue weighted by molar-refractivity contribution is -0.595. The molecule has 0 bridgehead atoms. The summed E-state index contributed by atoms with van der Waals surface area (Å²) in [6.45, 7) is 2.01. The predicted molar refractivity (Wildman–Crippen MR) is 89.6 cm³/mol. The Labute approximate surface area is 140 Å². The average molecular weight is 324 g/mol. The first-order valence-corrected chi connectivity index (χ1v) is 7.52. The Morgan fingerprint density at radius 3 is 2.74 bits per heavy atom. The average Bonchev–Trinajstić information content (AvgIpc) is 2.56. The molecule has 112 valence electrons. The normalized spacial score (nSPS) is 10.7. The number of hydrogen-bond donors (Lipinski definition) is 0. The van der Waals surface area contributed by atoms with Crippen molar-refractivity contribution in [1.29, 1.82) is 0 Å². The Morgan fingerprint density at radius 1 is 1.30 bits per heavy atom. The van der Waals surface area contributed by atoms with Crippen LogP contribution in [0.15, 0.2) is 48.8 Å². The van der Waals surface area contributed by atoms with Crippen molar-refractivity contribution < 1.29 is 14.1 Å². The second-order valence-electron chi connectivity index (χ2n) is 4.89. The molecule has 0 aliphatic rings. The molecule has 4 nitrogen and oxygen atoms in total. The van der Waals surface area contributed by atoms with E-state index in [0.29, 0.717) is 27.1 Å². The third kappa shape index (κ3) is 2.92. The van der Waals surface area contributed by atoms with E-state index in [-0.39, 0.29) is 12.3 Å². The number of hydrogen-bond acceptors (Lipinski definition) is 3. The maximum atomic E-state index is 12.3. The molecule has 2 heterocycles. The molecule has 2 radical (unpaired) electrons. The number of benzene rings is 1. The van der Waals surface area contributed by atoms with Gasteiger partial charge in [-0.15, -0.1) is 0 Å². The highest BCUT2D eigenvalue weighted by Gasteiger charge is 2.26. The molecule has 23 heavy (non-hydrogen) atoms. The molecule has 0 fully saturated rings. The molecule has 1 aromatic carbocycles. The molecular formula is C17H13BClN2O2+. The highest BCUT2D eigenvalue weighted by molar-refractivity contribution is 6.42. The zero-order chi connectivity index (χ0) is 16.4. The Hall–Kier alpha value is -2.40. The molecule has 0 aliphatic carbocycles. The van der Waals surface area contributed by atoms with E-state index in [0.717, 1.165) is 0 Å². The van der Waals surface area contributed by atoms with Crippen molar-refractivity contribution in [3.8, 4) is 5.69 Å². The molecule has 0 amide bonds. The number of halogens is 1. The number of carbonyl (C=O) groups excluding carboxylic acids is 1. The van der Waals surface area contributed by atoms with Gasteiger partial charge < -0.3 is 4.74 Å². The van der Waals surface area contributed by atoms with Crippen molar-refractivity contribution in [2.75, 3.05) is 6.61 Å². The monoisotopic (exact) mass is 323 g/mol. The lowest BCUT2D eigenvalue weighted by Gasteiger charge is -2.10. The van der Waals surface area contributed by atoms with Crippen LogP contribution in [0.25, 0.3) is 16.6 Å². The Morgan fingerprint density at radius 2 is 2.04 bits per heavy atom. The van der Waals surface area contributed by atoms with Gasteiger partial charge in [-0.1, -0.05) is 17.7 Å². The summed E-state index contributed by atoms with van der Waals surface area (Å²) in [6, 6.07) is 10.7. The maximum Gasteiger partial charge on any atom is 0.363 e. The summed E-state index contributed by atoms with van der Waals surface area (Å²) >= 11 is 6.06. The van der Waals surface area contributed by atoms with E-state index in [4.69, 9.17) is 24.2 Å². The third-order valence-electron chi connectivity index (χ3n) is 3.40. The molecular weight excluding hydrogens is 310 g/mol. The number of carbonyl (C=O) groups is 1. The van der Waals surface area contributed by atoms with Crippen molar-refractivity contribution >= 4 is 41.8 Å². The first kappa shape index (κ1) is 15.5. The number of ether oxygens (including phenoxy) is 1. The van der Waals surface area contributed by atoms with Gasteiger partial charge in [0.05, 0.1) is 12.1 Å². The van der Waals surface area contributed by atoms with E-state index in [9.17, 15) is 4.79 Å². The number of fused-ring (bicyclic) bond motifs is 1. The number of aromatic nitrogens is 2. The first-order chi connectivity index (χ1) is 11.1. The molecule has 0 aliphatic heterocycles. The third-order valence-corrected chi connectivity index (χ3v) is 3.64. The van der Waals surface area contributed by atoms with Crippen LogP contribution in [0.5, 0.6) is 0 Å². The van der Waals surface area contributed by atoms with Crippen LogP contribution < -0.4 is 10.0 Å². The summed E-state index contributed by atoms with van der Waals surface area (Å²) in [4.78, 5) is 16.8. The van der Waals surface area contributed by atoms with Crippen LogP contribution in [0.1, 0.15) is 17.4 Å². The predicted octanol–water partition coefficient (Wildman–Crippen LogP) is 2.14. The zero-order valence-electron chi connectivity index (χ0n) is 12.5. The van der Waals surface area contributed by atoms with Crippen LogP contribution in [-0.4, -0.2) is 25.4 Å². The van der Waals surface area contributed by atoms with Gasteiger partial charge >= 0.3 is 5.97 Å². The van der Waals surface area contributed by atoms with Crippen molar-refractivity contribution in [3.05, 3.63) is 59.5 Å². The summed E-state index contributed by atoms with van der Waals surface area (Å²) in [5.41, 5.74) is 1.68. The van der Waals surface area contributed by atoms with Gasteiger partial charge in [-0.3, -0.25) is 0 Å². The fourth-order valence-corrected chi connectivity index (χ4v) is 2.57. The minimum Gasteiger partial charge on any atom is -0.461 e. The minimum atomic E-state index is -0.512. The lowest BCUT2D eigenvalue weighted by Crippen LogP contribution is -2.39. The van der Waals surface area contributed by atoms with Gasteiger partial charge in [-0.05, 0) is 30.6 Å². The molecule has 0 saturated carbocycles. The van der Waals surface area contributed by atoms with E-state index in [2.05, 4.69) is 4.98 Å². The van der Waals surface area contributed by atoms with E-state index >= 15 is 0 Å². The van der Waals surface area contributed by atoms with E-state index in [1.54, 1.807) is 42.1 Å². The summed E-state index contributed by atoms with van der Waals surface area (Å²) in [7, 11) is 6.33. The summed E-state index contributed by atoms with van der Waals surface area (Å²) in [6.07, 6.45) is 3.60. The second-order valence-corrected chi connectivity index (χ2v) is 5.32. The van der Waals surface area contributed by atoms with Crippen molar-refractivity contribution in [2.24, 2.45) is 0 Å². The van der Waals surface area contributed by atoms with Crippen molar-refractivity contribution in [1.82, 2.24) is 4.98 Å². The topological polar surface area (TPSA) is 43.1 Å². The lowest BCUT2D eigenvalue weighted by atomic mass is 9.88. The number of nitrogens with zero attached hydrogens (tertiary/aromatic N) is 2. The zero-order valence-corrected chi connectivity index (χ0v) is 13.2. The molecule has 2 aromatic heterocycles. The van der Waals surface area contributed by atoms with Crippen LogP contribution in [-0.2, 0) is 4.74 Å². The molecule has 3 aromatic rings. The summed E-state index contributed by atoms with van der Waals surface area (Å²) in [5, 5.41) is 1.25. The first-order valence-electron chi connectivity index (χ1n) is 7.14. The minimum absolute atomic E-state index is 0.176. The molecule has 0 spiro atoms. The fraction of sp³-hybridized carbons (Fsp3) is 0.118. The maximum absolute atomic E-state index is 12.3. The SMILES string of the molecule is [B]c1c(-[n+]2ccccc2)c(C(=O)OCC)nc2ccc(Cl)cc12. The van der Waals surface area contributed by atoms with Crippen LogP contribution >= 0.6 is 11.6 Å². The molecule has 6 heteroatoms. The fourth-order valence-electron chi connectivity index (χ4n) is 2.40. The highest BCUT2D eigenvalue weighted by atomic mass is 35.5. The van der Waals surface area contributed by atoms with Gasteiger partial charge in [0.2, 0.25) is 11.4 Å². The van der Waals surface area contributed by atoms with E-state index in [1.807, 2.05) is 18.2 Å². The standard InChI is InChI=1S/C17H13BClN2O2/c1-2-23-17(22)15-16(21-8-4-3-5-9-21)14(18)12-10-11(19)6-7-13(12)20-15/h3-10H,2H2,1H3/q+1. The quantitative estimate of drug-likeness (QED) is 0.421. The van der Waals surface area contributed by atoms with Gasteiger partial charge in [0.25, 0.3) is 0 Å². The molecule has 0 unspecified atom stereocenters. The molecule has 3 rings (SSSR count). The van der Waals surface area contributed by atoms with Crippen molar-refractivity contribution in [3.63, 3.8) is 0 Å². The van der Waals surface area contributed by atoms with Crippen molar-refractivity contribution in [2.45, 2.75) is 6.92 Å². The molecule has 0 N–H and O–H groups in total. The van der Waals surface area contributed by atoms with Crippen LogP contribution in [0.3, 0.4) is 0 Å². The van der Waals surface area contributed by atoms with Gasteiger partial charge in [0.1, 0.15) is 7.85 Å². The number of pyridine rings is 2. The Bertz CT molecular complexity index is 885. The van der Waals surface area contributed by atoms with Gasteiger partial charge in [-0.2, -0.15) is 4.57 Å². The van der Waals surface area contributed by atoms with Crippen LogP contribution in [0.2, 0.25) is 5.02 Å². The Balaban J connectivity index is 2.35. The number of rotatable bonds is 3. The largest absolute Gasteiger partial charge is 0.461 e. The number of esters is 1. The van der Waals surface area contributed by atoms with Crippen LogP contribution in [0.4, 0.5) is 0 Å². The smallest absolute Gasteiger partial charge is 0.363 e. The van der Waals surface area contributed by atoms with Crippen LogP contribution in [0, 0.1) is 0 Å². The van der Waals surface area contributed by atoms with E-state index < -0.39 is 5.97 Å². The molecule has 0 atom stereocenters. The molecule has 0 saturated heterocycles. The Kier molecular flexibility index (Phi) is 4.30. The summed E-state index contributed by atoms with van der Waals surface area (Å²) in [5.74, 6) is -0.512. The summed E-state index contributed by atoms with van der Waals surface area (Å²) < 4.78 is 6.87. The van der Waals surface area contributed by atoms with Gasteiger partial charge in [-0.25, -0.2) is 9.78 Å². The van der Waals surface area contributed by atoms with E-state index in [1.165, 1.54) is 0 Å². The van der Waals surface area contributed by atoms with Gasteiger partial charge in [0.15, 0.2) is 12.4 Å². The second kappa shape index (κ2) is 6.38. The highest BCUT2D eigenvalue weighted by Crippen LogP contribution is 2.19. The van der Waals surface area contributed by atoms with Gasteiger partial charge in [0, 0.05) is 22.5 Å².